The molecule has 7 rings (SSSR count). The molecule has 0 bridgehead atoms. The first-order chi connectivity index (χ1) is 23.1. The minimum atomic E-state index is 1.20. The zero-order chi connectivity index (χ0) is 32.2. The molecule has 0 radical (unpaired) electrons. The van der Waals surface area contributed by atoms with Crippen LogP contribution in [0.5, 0.6) is 0 Å². The molecule has 0 unspecified atom stereocenters. The first kappa shape index (κ1) is 29.9. The molecule has 0 saturated carbocycles. The van der Waals surface area contributed by atoms with E-state index in [0.717, 1.165) is 0 Å². The molecule has 0 atom stereocenters. The van der Waals surface area contributed by atoms with E-state index in [1.54, 1.807) is 13.3 Å². The van der Waals surface area contributed by atoms with E-state index in [0.29, 0.717) is 0 Å². The Labute approximate surface area is 277 Å². The van der Waals surface area contributed by atoms with Crippen LogP contribution in [0.2, 0.25) is 0 Å². The highest BCUT2D eigenvalue weighted by Crippen LogP contribution is 2.39. The van der Waals surface area contributed by atoms with Crippen LogP contribution in [-0.4, -0.2) is 13.3 Å². The van der Waals surface area contributed by atoms with Crippen molar-refractivity contribution in [2.45, 2.75) is 13.8 Å². The van der Waals surface area contributed by atoms with Gasteiger partial charge in [-0.15, -0.1) is 0 Å². The van der Waals surface area contributed by atoms with Crippen molar-refractivity contribution in [2.75, 3.05) is 7.05 Å². The molecule has 1 heteroatoms. The van der Waals surface area contributed by atoms with Gasteiger partial charge in [-0.05, 0) is 133 Å². The summed E-state index contributed by atoms with van der Waals surface area (Å²) in [5, 5.41) is 5.02. The van der Waals surface area contributed by atoms with Crippen LogP contribution in [-0.2, 0) is 0 Å². The van der Waals surface area contributed by atoms with E-state index < -0.39 is 0 Å². The maximum atomic E-state index is 4.04. The largest absolute Gasteiger partial charge is 0.297 e. The third-order valence-corrected chi connectivity index (χ3v) is 9.02. The van der Waals surface area contributed by atoms with Crippen LogP contribution < -0.4 is 0 Å². The zero-order valence-electron chi connectivity index (χ0n) is 27.1. The van der Waals surface area contributed by atoms with E-state index in [1.165, 1.54) is 82.8 Å². The molecule has 0 fully saturated rings. The normalized spacial score (nSPS) is 12.1. The highest BCUT2D eigenvalue weighted by Gasteiger charge is 2.13. The summed E-state index contributed by atoms with van der Waals surface area (Å²) in [4.78, 5) is 4.04. The van der Waals surface area contributed by atoms with Crippen molar-refractivity contribution in [3.63, 3.8) is 0 Å². The van der Waals surface area contributed by atoms with Gasteiger partial charge in [0.15, 0.2) is 0 Å². The Kier molecular flexibility index (Phi) is 8.45. The third-order valence-electron chi connectivity index (χ3n) is 9.02. The lowest BCUT2D eigenvalue weighted by Gasteiger charge is -2.15. The Hall–Kier alpha value is -5.79. The van der Waals surface area contributed by atoms with Gasteiger partial charge in [-0.2, -0.15) is 0 Å². The van der Waals surface area contributed by atoms with Crippen LogP contribution in [0, 0.1) is 6.92 Å². The molecule has 47 heavy (non-hydrogen) atoms. The van der Waals surface area contributed by atoms with Crippen molar-refractivity contribution in [3.8, 4) is 44.5 Å². The number of nitrogens with zero attached hydrogens (tertiary/aromatic N) is 1. The summed E-state index contributed by atoms with van der Waals surface area (Å²) in [5.41, 5.74) is 13.5. The fraction of sp³-hybridized carbons (Fsp3) is 0.0652. The second-order valence-electron chi connectivity index (χ2n) is 12.1. The fourth-order valence-corrected chi connectivity index (χ4v) is 6.59. The molecule has 0 heterocycles. The Morgan fingerprint density at radius 1 is 0.489 bits per heavy atom. The zero-order valence-corrected chi connectivity index (χ0v) is 27.1. The summed E-state index contributed by atoms with van der Waals surface area (Å²) in [6.07, 6.45) is 7.97. The van der Waals surface area contributed by atoms with Crippen molar-refractivity contribution in [1.82, 2.24) is 0 Å². The minimum absolute atomic E-state index is 1.20. The highest BCUT2D eigenvalue weighted by atomic mass is 14.6. The number of rotatable bonds is 7. The molecule has 0 N–H and O–H groups in total. The lowest BCUT2D eigenvalue weighted by Crippen LogP contribution is -1.90. The van der Waals surface area contributed by atoms with Crippen LogP contribution in [0.4, 0.5) is 0 Å². The second kappa shape index (κ2) is 13.3. The molecule has 7 aromatic carbocycles. The Balaban J connectivity index is 1.38. The minimum Gasteiger partial charge on any atom is -0.297 e. The average Bonchev–Trinajstić information content (AvgIpc) is 3.13. The number of hydrogen-bond acceptors (Lipinski definition) is 1. The molecule has 0 aliphatic carbocycles. The van der Waals surface area contributed by atoms with Gasteiger partial charge in [-0.3, -0.25) is 4.99 Å². The fourth-order valence-electron chi connectivity index (χ4n) is 6.59. The third kappa shape index (κ3) is 6.21. The monoisotopic (exact) mass is 603 g/mol. The van der Waals surface area contributed by atoms with Crippen LogP contribution in [0.1, 0.15) is 18.1 Å². The number of hydrogen-bond donors (Lipinski definition) is 0. The summed E-state index contributed by atoms with van der Waals surface area (Å²) in [7, 11) is 1.78. The molecule has 0 amide bonds. The lowest BCUT2D eigenvalue weighted by atomic mass is 9.89. The molecule has 226 valence electrons. The predicted octanol–water partition coefficient (Wildman–Crippen LogP) is 12.6. The molecular weight excluding hydrogens is 567 g/mol. The Bertz CT molecular complexity index is 2220. The van der Waals surface area contributed by atoms with Crippen molar-refractivity contribution in [2.24, 2.45) is 4.99 Å². The van der Waals surface area contributed by atoms with Gasteiger partial charge < -0.3 is 0 Å². The van der Waals surface area contributed by atoms with Gasteiger partial charge in [-0.25, -0.2) is 0 Å². The molecule has 0 saturated heterocycles. The molecule has 0 aromatic heterocycles. The summed E-state index contributed by atoms with van der Waals surface area (Å²) < 4.78 is 0. The summed E-state index contributed by atoms with van der Waals surface area (Å²) in [6, 6.07) is 53.4. The summed E-state index contributed by atoms with van der Waals surface area (Å²) in [5.74, 6) is 0. The van der Waals surface area contributed by atoms with Crippen LogP contribution in [0.3, 0.4) is 0 Å². The van der Waals surface area contributed by atoms with Gasteiger partial charge in [0.25, 0.3) is 0 Å². The van der Waals surface area contributed by atoms with E-state index in [-0.39, 0.29) is 0 Å². The standard InChI is InChI=1S/C46H37N/c1-32(13-8-9-26-47-3)46-31-38(25-24-33(46)2)36-18-10-19-37(27-36)39-28-40(44-22-11-16-34-14-4-6-20-42(34)44)30-41(29-39)45-23-12-17-35-15-5-7-21-43(35)45/h4-31H,1-3H3/b9-8-,32-13+,47-26?. The first-order valence-corrected chi connectivity index (χ1v) is 16.2. The van der Waals surface area contributed by atoms with Crippen molar-refractivity contribution in [3.05, 3.63) is 175 Å². The maximum Gasteiger partial charge on any atom is 0.0277 e. The average molecular weight is 604 g/mol. The van der Waals surface area contributed by atoms with Crippen molar-refractivity contribution in [1.29, 1.82) is 0 Å². The lowest BCUT2D eigenvalue weighted by molar-refractivity contribution is 1.41. The summed E-state index contributed by atoms with van der Waals surface area (Å²) >= 11 is 0. The number of allylic oxidation sites excluding steroid dienone is 4. The van der Waals surface area contributed by atoms with Gasteiger partial charge >= 0.3 is 0 Å². The van der Waals surface area contributed by atoms with Gasteiger partial charge in [0.1, 0.15) is 0 Å². The van der Waals surface area contributed by atoms with E-state index in [4.69, 9.17) is 0 Å². The SMILES string of the molecule is CN=C/C=C\C=C(/C)c1cc(-c2cccc(-c3cc(-c4cccc5ccccc45)cc(-c4cccc5ccccc45)c3)c2)ccc1C. The van der Waals surface area contributed by atoms with E-state index >= 15 is 0 Å². The van der Waals surface area contributed by atoms with Crippen LogP contribution in [0.25, 0.3) is 71.6 Å². The number of fused-ring (bicyclic) bond motifs is 2. The van der Waals surface area contributed by atoms with Gasteiger partial charge in [0, 0.05) is 13.3 Å². The van der Waals surface area contributed by atoms with Gasteiger partial charge in [-0.1, -0.05) is 127 Å². The topological polar surface area (TPSA) is 12.4 Å². The molecule has 1 nitrogen and oxygen atoms in total. The number of aliphatic imine (C=N–C) groups is 1. The maximum absolute atomic E-state index is 4.04. The highest BCUT2D eigenvalue weighted by molar-refractivity contribution is 6.01. The van der Waals surface area contributed by atoms with Crippen molar-refractivity contribution < 1.29 is 0 Å². The molecular formula is C46H37N. The number of aryl methyl sites for hydroxylation is 1. The molecule has 0 aliphatic heterocycles. The van der Waals surface area contributed by atoms with Crippen LogP contribution >= 0.6 is 0 Å². The van der Waals surface area contributed by atoms with E-state index in [9.17, 15) is 0 Å². The van der Waals surface area contributed by atoms with Gasteiger partial charge in [0.05, 0.1) is 0 Å². The van der Waals surface area contributed by atoms with E-state index in [1.807, 2.05) is 12.2 Å². The quantitative estimate of drug-likeness (QED) is 0.127. The summed E-state index contributed by atoms with van der Waals surface area (Å²) in [6.45, 7) is 4.35. The molecule has 0 spiro atoms. The molecule has 7 aromatic rings. The predicted molar refractivity (Wildman–Crippen MR) is 205 cm³/mol. The Morgan fingerprint density at radius 3 is 1.64 bits per heavy atom. The van der Waals surface area contributed by atoms with Gasteiger partial charge in [0.2, 0.25) is 0 Å². The Morgan fingerprint density at radius 2 is 1.00 bits per heavy atom. The van der Waals surface area contributed by atoms with E-state index in [2.05, 4.69) is 171 Å². The molecule has 0 aliphatic rings. The second-order valence-corrected chi connectivity index (χ2v) is 12.1. The van der Waals surface area contributed by atoms with Crippen LogP contribution in [0.15, 0.2) is 169 Å². The van der Waals surface area contributed by atoms with Crippen molar-refractivity contribution >= 4 is 33.3 Å². The smallest absolute Gasteiger partial charge is 0.0277 e. The first-order valence-electron chi connectivity index (χ1n) is 16.2. The number of benzene rings is 7.